The fraction of sp³-hybridized carbons (Fsp3) is 0.300. The number of nitriles is 1. The summed E-state index contributed by atoms with van der Waals surface area (Å²) in [6, 6.07) is 16.7. The van der Waals surface area contributed by atoms with E-state index < -0.39 is 5.97 Å². The summed E-state index contributed by atoms with van der Waals surface area (Å²) in [4.78, 5) is 23.0. The van der Waals surface area contributed by atoms with Crippen molar-refractivity contribution in [2.24, 2.45) is 0 Å². The molecule has 0 aliphatic rings. The molecule has 1 aromatic heterocycles. The second kappa shape index (κ2) is 26.2. The number of carbonyl (C=O) groups excluding carboxylic acids is 1. The van der Waals surface area contributed by atoms with Crippen LogP contribution in [-0.4, -0.2) is 33.3 Å². The highest BCUT2D eigenvalue weighted by Gasteiger charge is 2.12. The van der Waals surface area contributed by atoms with Crippen LogP contribution in [0.2, 0.25) is 10.0 Å². The molecule has 2 N–H and O–H groups in total. The predicted molar refractivity (Wildman–Crippen MR) is 205 cm³/mol. The van der Waals surface area contributed by atoms with E-state index >= 15 is 0 Å². The predicted octanol–water partition coefficient (Wildman–Crippen LogP) is 10.3. The summed E-state index contributed by atoms with van der Waals surface area (Å²) in [6.07, 6.45) is 16.6. The van der Waals surface area contributed by atoms with Crippen LogP contribution in [0, 0.1) is 23.7 Å². The second-order valence-electron chi connectivity index (χ2n) is 10.2. The van der Waals surface area contributed by atoms with Gasteiger partial charge in [0, 0.05) is 45.4 Å². The molecule has 0 aliphatic carbocycles. The number of allylic oxidation sites excluding steroid dienone is 7. The van der Waals surface area contributed by atoms with Gasteiger partial charge in [0.2, 0.25) is 0 Å². The van der Waals surface area contributed by atoms with Crippen LogP contribution in [0.1, 0.15) is 82.4 Å². The summed E-state index contributed by atoms with van der Waals surface area (Å²) in [5.41, 5.74) is 5.89. The zero-order valence-corrected chi connectivity index (χ0v) is 30.9. The van der Waals surface area contributed by atoms with Crippen LogP contribution in [0.15, 0.2) is 96.6 Å². The SMILES string of the molecule is C#CC.C/C=C(\C/C=C\Cc1cc(-c2cc(Cl)cc(Cl)c2)nn1Cc1ccc(C(=O)NCCC(=O)O)cc1)C/C=C(\C)C#N.C=CC.CC. The average molecular weight is 704 g/mol. The molecule has 0 radical (unpaired) electrons. The summed E-state index contributed by atoms with van der Waals surface area (Å²) in [5, 5.41) is 26.2. The molecular weight excluding hydrogens is 655 g/mol. The molecule has 0 unspecified atom stereocenters. The fourth-order valence-electron chi connectivity index (χ4n) is 4.01. The molecule has 260 valence electrons. The molecule has 1 amide bonds. The van der Waals surface area contributed by atoms with Crippen LogP contribution in [0.5, 0.6) is 0 Å². The van der Waals surface area contributed by atoms with Crippen molar-refractivity contribution in [1.29, 1.82) is 5.26 Å². The molecule has 2 aromatic carbocycles. The number of nitrogens with zero attached hydrogens (tertiary/aromatic N) is 3. The first-order valence-electron chi connectivity index (χ1n) is 15.9. The molecule has 0 fully saturated rings. The highest BCUT2D eigenvalue weighted by molar-refractivity contribution is 6.35. The van der Waals surface area contributed by atoms with Crippen LogP contribution in [-0.2, 0) is 17.8 Å². The van der Waals surface area contributed by atoms with Crippen molar-refractivity contribution < 1.29 is 14.7 Å². The average Bonchev–Trinajstić information content (AvgIpc) is 3.47. The molecule has 49 heavy (non-hydrogen) atoms. The maximum atomic E-state index is 12.3. The van der Waals surface area contributed by atoms with Crippen LogP contribution in [0.25, 0.3) is 11.3 Å². The largest absolute Gasteiger partial charge is 0.481 e. The quantitative estimate of drug-likeness (QED) is 0.105. The molecular formula is C40H48Cl2N4O3. The van der Waals surface area contributed by atoms with E-state index in [1.54, 1.807) is 38.1 Å². The maximum absolute atomic E-state index is 12.3. The van der Waals surface area contributed by atoms with Crippen molar-refractivity contribution in [2.75, 3.05) is 6.54 Å². The van der Waals surface area contributed by atoms with E-state index in [2.05, 4.69) is 48.5 Å². The van der Waals surface area contributed by atoms with Gasteiger partial charge in [-0.3, -0.25) is 14.3 Å². The summed E-state index contributed by atoms with van der Waals surface area (Å²) in [5.74, 6) is 0.969. The molecule has 3 rings (SSSR count). The first kappa shape index (κ1) is 44.2. The van der Waals surface area contributed by atoms with Gasteiger partial charge in [0.05, 0.1) is 24.7 Å². The second-order valence-corrected chi connectivity index (χ2v) is 11.0. The number of aromatic nitrogens is 2. The normalized spacial score (nSPS) is 10.6. The van der Waals surface area contributed by atoms with Gasteiger partial charge in [-0.05, 0) is 82.5 Å². The highest BCUT2D eigenvalue weighted by atomic mass is 35.5. The number of amides is 1. The van der Waals surface area contributed by atoms with E-state index in [0.717, 1.165) is 35.4 Å². The number of carbonyl (C=O) groups is 2. The van der Waals surface area contributed by atoms with Crippen molar-refractivity contribution in [3.05, 3.63) is 124 Å². The Kier molecular flexibility index (Phi) is 23.6. The molecule has 0 aliphatic heterocycles. The van der Waals surface area contributed by atoms with Crippen LogP contribution >= 0.6 is 23.2 Å². The minimum absolute atomic E-state index is 0.0716. The maximum Gasteiger partial charge on any atom is 0.305 e. The van der Waals surface area contributed by atoms with Gasteiger partial charge in [-0.25, -0.2) is 0 Å². The van der Waals surface area contributed by atoms with Gasteiger partial charge in [-0.2, -0.15) is 10.4 Å². The van der Waals surface area contributed by atoms with Crippen LogP contribution in [0.3, 0.4) is 0 Å². The van der Waals surface area contributed by atoms with Gasteiger partial charge in [-0.1, -0.05) is 85.1 Å². The monoisotopic (exact) mass is 702 g/mol. The lowest BCUT2D eigenvalue weighted by Gasteiger charge is -2.08. The number of rotatable bonds is 13. The number of terminal acetylenes is 1. The van der Waals surface area contributed by atoms with E-state index in [4.69, 9.17) is 38.7 Å². The van der Waals surface area contributed by atoms with Crippen molar-refractivity contribution in [3.63, 3.8) is 0 Å². The molecule has 0 atom stereocenters. The Bertz CT molecular complexity index is 1630. The molecule has 3 aromatic rings. The van der Waals surface area contributed by atoms with Crippen LogP contribution < -0.4 is 5.32 Å². The number of carboxylic acid groups (broad SMARTS) is 1. The Morgan fingerprint density at radius 1 is 1.06 bits per heavy atom. The topological polar surface area (TPSA) is 108 Å². The Labute approximate surface area is 302 Å². The minimum atomic E-state index is -0.963. The first-order chi connectivity index (χ1) is 23.5. The first-order valence-corrected chi connectivity index (χ1v) is 16.7. The number of hydrogen-bond donors (Lipinski definition) is 2. The molecule has 9 heteroatoms. The Morgan fingerprint density at radius 2 is 1.65 bits per heavy atom. The van der Waals surface area contributed by atoms with Crippen molar-refractivity contribution in [1.82, 2.24) is 15.1 Å². The Balaban J connectivity index is 0.00000263. The zero-order valence-electron chi connectivity index (χ0n) is 29.4. The number of halogens is 2. The Morgan fingerprint density at radius 3 is 2.18 bits per heavy atom. The van der Waals surface area contributed by atoms with Gasteiger partial charge in [-0.15, -0.1) is 18.9 Å². The van der Waals surface area contributed by atoms with Crippen LogP contribution in [0.4, 0.5) is 0 Å². The lowest BCUT2D eigenvalue weighted by Crippen LogP contribution is -2.25. The van der Waals surface area contributed by atoms with Crippen molar-refractivity contribution >= 4 is 35.1 Å². The minimum Gasteiger partial charge on any atom is -0.481 e. The van der Waals surface area contributed by atoms with Gasteiger partial charge in [0.15, 0.2) is 0 Å². The zero-order chi connectivity index (χ0) is 37.2. The smallest absolute Gasteiger partial charge is 0.305 e. The summed E-state index contributed by atoms with van der Waals surface area (Å²) in [6.45, 7) is 15.3. The van der Waals surface area contributed by atoms with E-state index in [1.165, 1.54) is 5.57 Å². The third-order valence-electron chi connectivity index (χ3n) is 6.32. The lowest BCUT2D eigenvalue weighted by molar-refractivity contribution is -0.136. The highest BCUT2D eigenvalue weighted by Crippen LogP contribution is 2.27. The molecule has 0 saturated carbocycles. The van der Waals surface area contributed by atoms with Crippen molar-refractivity contribution in [3.8, 4) is 29.7 Å². The molecule has 7 nitrogen and oxygen atoms in total. The summed E-state index contributed by atoms with van der Waals surface area (Å²) < 4.78 is 1.92. The number of nitrogens with one attached hydrogen (secondary N) is 1. The van der Waals surface area contributed by atoms with Gasteiger partial charge in [0.1, 0.15) is 0 Å². The molecule has 1 heterocycles. The van der Waals surface area contributed by atoms with E-state index in [9.17, 15) is 9.59 Å². The summed E-state index contributed by atoms with van der Waals surface area (Å²) >= 11 is 12.5. The number of benzene rings is 2. The molecule has 0 spiro atoms. The number of aliphatic carboxylic acids is 1. The van der Waals surface area contributed by atoms with E-state index in [-0.39, 0.29) is 18.9 Å². The standard InChI is InChI=1S/C32H32Cl2N4O3.C3H6.C3H4.C2H6/c1-3-23(9-8-22(2)20-35)6-4-5-7-29-19-30(26-16-27(33)18-28(34)17-26)37-38(29)21-24-10-12-25(13-11-24)32(41)36-15-14-31(39)40;2*1-3-2;1-2/h3-5,8,10-13,16-19H,6-7,9,14-15,21H2,1-2H3,(H,36,41)(H,39,40);3H,1H2,2H3;1H,2H3;1-2H3/b5-4-,22-8+,23-3+;;;. The molecule has 0 saturated heterocycles. The van der Waals surface area contributed by atoms with E-state index in [1.807, 2.05) is 68.8 Å². The van der Waals surface area contributed by atoms with Gasteiger partial charge in [0.25, 0.3) is 5.91 Å². The third-order valence-corrected chi connectivity index (χ3v) is 6.76. The third kappa shape index (κ3) is 18.3. The summed E-state index contributed by atoms with van der Waals surface area (Å²) in [7, 11) is 0. The van der Waals surface area contributed by atoms with Gasteiger partial charge < -0.3 is 10.4 Å². The Hall–Kier alpha value is -4.82. The lowest BCUT2D eigenvalue weighted by atomic mass is 10.1. The van der Waals surface area contributed by atoms with Crippen molar-refractivity contribution in [2.45, 2.75) is 73.8 Å². The fourth-order valence-corrected chi connectivity index (χ4v) is 4.53. The number of hydrogen-bond acceptors (Lipinski definition) is 4. The van der Waals surface area contributed by atoms with Gasteiger partial charge >= 0.3 is 5.97 Å². The number of carboxylic acids is 1. The molecule has 0 bridgehead atoms. The van der Waals surface area contributed by atoms with E-state index in [0.29, 0.717) is 34.1 Å².